The second-order valence-corrected chi connectivity index (χ2v) is 4.89. The van der Waals surface area contributed by atoms with Gasteiger partial charge >= 0.3 is 0 Å². The first-order valence-electron chi connectivity index (χ1n) is 6.66. The summed E-state index contributed by atoms with van der Waals surface area (Å²) in [7, 11) is 1.55. The molecule has 1 atom stereocenters. The summed E-state index contributed by atoms with van der Waals surface area (Å²) in [5.74, 6) is -0.491. The molecule has 0 aromatic heterocycles. The summed E-state index contributed by atoms with van der Waals surface area (Å²) in [5, 5.41) is 8.68. The van der Waals surface area contributed by atoms with Crippen molar-refractivity contribution in [1.29, 1.82) is 5.26 Å². The van der Waals surface area contributed by atoms with Crippen LogP contribution in [-0.2, 0) is 20.9 Å². The topological polar surface area (TPSA) is 73.6 Å². The number of carbonyl (C=O) groups excluding carboxylic acids is 2. The molecule has 6 heteroatoms. The highest BCUT2D eigenvalue weighted by Gasteiger charge is 2.35. The number of nitrogens with zero attached hydrogens (tertiary/aromatic N) is 3. The molecule has 0 saturated carbocycles. The normalized spacial score (nSPS) is 18.2. The number of amides is 2. The molecule has 6 nitrogen and oxygen atoms in total. The zero-order chi connectivity index (χ0) is 15.2. The predicted octanol–water partition coefficient (Wildman–Crippen LogP) is 0.396. The fourth-order valence-electron chi connectivity index (χ4n) is 2.23. The van der Waals surface area contributed by atoms with Gasteiger partial charge in [-0.1, -0.05) is 30.3 Å². The third-order valence-electron chi connectivity index (χ3n) is 3.36. The Bertz CT molecular complexity index is 553. The summed E-state index contributed by atoms with van der Waals surface area (Å²) in [6.07, 6.45) is 0. The maximum absolute atomic E-state index is 12.3. The molecule has 1 aliphatic rings. The highest BCUT2D eigenvalue weighted by molar-refractivity contribution is 5.89. The second-order valence-electron chi connectivity index (χ2n) is 4.89. The average Bonchev–Trinajstić information content (AvgIpc) is 2.50. The molecular weight excluding hydrogens is 270 g/mol. The van der Waals surface area contributed by atoms with E-state index in [9.17, 15) is 9.59 Å². The first-order chi connectivity index (χ1) is 10.1. The van der Waals surface area contributed by atoms with E-state index < -0.39 is 6.04 Å². The number of hydrogen-bond acceptors (Lipinski definition) is 4. The van der Waals surface area contributed by atoms with Crippen molar-refractivity contribution >= 4 is 11.8 Å². The van der Waals surface area contributed by atoms with E-state index in [1.54, 1.807) is 7.05 Å². The number of rotatable bonds is 4. The van der Waals surface area contributed by atoms with Crippen molar-refractivity contribution in [2.24, 2.45) is 0 Å². The van der Waals surface area contributed by atoms with E-state index in [-0.39, 0.29) is 31.6 Å². The lowest BCUT2D eigenvalue weighted by Gasteiger charge is -2.36. The van der Waals surface area contributed by atoms with Crippen LogP contribution in [-0.4, -0.2) is 54.5 Å². The molecule has 21 heavy (non-hydrogen) atoms. The number of ether oxygens (including phenoxy) is 1. The first-order valence-corrected chi connectivity index (χ1v) is 6.66. The summed E-state index contributed by atoms with van der Waals surface area (Å²) >= 11 is 0. The van der Waals surface area contributed by atoms with Gasteiger partial charge in [-0.05, 0) is 5.56 Å². The van der Waals surface area contributed by atoms with E-state index in [1.807, 2.05) is 36.4 Å². The quantitative estimate of drug-likeness (QED) is 0.751. The summed E-state index contributed by atoms with van der Waals surface area (Å²) in [5.41, 5.74) is 0.952. The van der Waals surface area contributed by atoms with Crippen LogP contribution in [0.1, 0.15) is 5.56 Å². The van der Waals surface area contributed by atoms with Crippen LogP contribution >= 0.6 is 0 Å². The van der Waals surface area contributed by atoms with Crippen LogP contribution in [0.25, 0.3) is 0 Å². The molecular formula is C15H17N3O3. The van der Waals surface area contributed by atoms with Crippen LogP contribution in [0.2, 0.25) is 0 Å². The summed E-state index contributed by atoms with van der Waals surface area (Å²) < 4.78 is 5.19. The van der Waals surface area contributed by atoms with Gasteiger partial charge in [0.1, 0.15) is 19.2 Å². The predicted molar refractivity (Wildman–Crippen MR) is 74.8 cm³/mol. The highest BCUT2D eigenvalue weighted by Crippen LogP contribution is 2.15. The molecule has 2 amide bonds. The molecule has 0 radical (unpaired) electrons. The van der Waals surface area contributed by atoms with E-state index in [2.05, 4.69) is 0 Å². The van der Waals surface area contributed by atoms with Crippen LogP contribution < -0.4 is 0 Å². The number of morpholine rings is 1. The maximum atomic E-state index is 12.3. The minimum Gasteiger partial charge on any atom is -0.369 e. The fraction of sp³-hybridized carbons (Fsp3) is 0.400. The van der Waals surface area contributed by atoms with Gasteiger partial charge in [0.05, 0.1) is 12.7 Å². The van der Waals surface area contributed by atoms with Crippen molar-refractivity contribution in [3.05, 3.63) is 35.9 Å². The molecule has 1 aromatic rings. The van der Waals surface area contributed by atoms with E-state index in [1.165, 1.54) is 9.80 Å². The van der Waals surface area contributed by atoms with Crippen LogP contribution in [0.3, 0.4) is 0 Å². The Morgan fingerprint density at radius 3 is 2.86 bits per heavy atom. The third kappa shape index (κ3) is 3.58. The smallest absolute Gasteiger partial charge is 0.249 e. The fourth-order valence-corrected chi connectivity index (χ4v) is 2.23. The van der Waals surface area contributed by atoms with Crippen molar-refractivity contribution in [2.45, 2.75) is 12.6 Å². The molecule has 0 bridgehead atoms. The number of hydrogen-bond donors (Lipinski definition) is 0. The van der Waals surface area contributed by atoms with Gasteiger partial charge in [-0.3, -0.25) is 9.59 Å². The van der Waals surface area contributed by atoms with Crippen molar-refractivity contribution in [2.75, 3.05) is 26.8 Å². The Kier molecular flexibility index (Phi) is 4.90. The summed E-state index contributed by atoms with van der Waals surface area (Å²) in [6, 6.07) is 10.7. The molecule has 1 aliphatic heterocycles. The van der Waals surface area contributed by atoms with Gasteiger partial charge in [0, 0.05) is 13.6 Å². The molecule has 0 aliphatic carbocycles. The molecule has 110 valence electrons. The van der Waals surface area contributed by atoms with Gasteiger partial charge in [0.25, 0.3) is 0 Å². The van der Waals surface area contributed by atoms with Gasteiger partial charge in [-0.2, -0.15) is 5.26 Å². The van der Waals surface area contributed by atoms with Crippen molar-refractivity contribution < 1.29 is 14.3 Å². The van der Waals surface area contributed by atoms with Crippen LogP contribution in [0.15, 0.2) is 30.3 Å². The highest BCUT2D eigenvalue weighted by atomic mass is 16.5. The van der Waals surface area contributed by atoms with Crippen LogP contribution in [0.5, 0.6) is 0 Å². The standard InChI is InChI=1S/C15H17N3O3/c1-17(8-7-16)15(20)13-10-21-11-14(19)18(13)9-12-5-3-2-4-6-12/h2-6,13H,8-11H2,1H3/t13-/m1/s1. The Morgan fingerprint density at radius 1 is 1.48 bits per heavy atom. The van der Waals surface area contributed by atoms with E-state index >= 15 is 0 Å². The molecule has 1 heterocycles. The van der Waals surface area contributed by atoms with Crippen molar-refractivity contribution in [1.82, 2.24) is 9.80 Å². The third-order valence-corrected chi connectivity index (χ3v) is 3.36. The SMILES string of the molecule is CN(CC#N)C(=O)[C@H]1COCC(=O)N1Cc1ccccc1. The Morgan fingerprint density at radius 2 is 2.19 bits per heavy atom. The number of benzene rings is 1. The molecule has 1 fully saturated rings. The largest absolute Gasteiger partial charge is 0.369 e. The first kappa shape index (κ1) is 15.0. The van der Waals surface area contributed by atoms with Crippen LogP contribution in [0, 0.1) is 11.3 Å². The zero-order valence-corrected chi connectivity index (χ0v) is 11.9. The Balaban J connectivity index is 2.15. The van der Waals surface area contributed by atoms with Crippen molar-refractivity contribution in [3.8, 4) is 6.07 Å². The molecule has 2 rings (SSSR count). The molecule has 0 N–H and O–H groups in total. The van der Waals surface area contributed by atoms with E-state index in [0.29, 0.717) is 6.54 Å². The summed E-state index contributed by atoms with van der Waals surface area (Å²) in [4.78, 5) is 27.2. The van der Waals surface area contributed by atoms with Crippen molar-refractivity contribution in [3.63, 3.8) is 0 Å². The lowest BCUT2D eigenvalue weighted by molar-refractivity contribution is -0.159. The molecule has 0 unspecified atom stereocenters. The van der Waals surface area contributed by atoms with Crippen LogP contribution in [0.4, 0.5) is 0 Å². The number of nitriles is 1. The van der Waals surface area contributed by atoms with Gasteiger partial charge in [0.15, 0.2) is 0 Å². The Labute approximate surface area is 123 Å². The summed E-state index contributed by atoms with van der Waals surface area (Å²) in [6.45, 7) is 0.494. The molecule has 0 spiro atoms. The monoisotopic (exact) mass is 287 g/mol. The van der Waals surface area contributed by atoms with Gasteiger partial charge in [-0.25, -0.2) is 0 Å². The van der Waals surface area contributed by atoms with Gasteiger partial charge in [-0.15, -0.1) is 0 Å². The lowest BCUT2D eigenvalue weighted by atomic mass is 10.1. The minimum absolute atomic E-state index is 0.0112. The Hall–Kier alpha value is -2.39. The van der Waals surface area contributed by atoms with Gasteiger partial charge in [0.2, 0.25) is 11.8 Å². The number of carbonyl (C=O) groups is 2. The minimum atomic E-state index is -0.676. The second kappa shape index (κ2) is 6.86. The zero-order valence-electron chi connectivity index (χ0n) is 11.9. The maximum Gasteiger partial charge on any atom is 0.249 e. The lowest BCUT2D eigenvalue weighted by Crippen LogP contribution is -2.56. The van der Waals surface area contributed by atoms with E-state index in [0.717, 1.165) is 5.56 Å². The molecule has 1 aromatic carbocycles. The molecule has 1 saturated heterocycles. The average molecular weight is 287 g/mol. The van der Waals surface area contributed by atoms with Gasteiger partial charge < -0.3 is 14.5 Å². The number of likely N-dealkylation sites (N-methyl/N-ethyl adjacent to an activating group) is 1. The van der Waals surface area contributed by atoms with E-state index in [4.69, 9.17) is 10.00 Å².